The van der Waals surface area contributed by atoms with Gasteiger partial charge in [-0.2, -0.15) is 5.26 Å². The third-order valence-electron chi connectivity index (χ3n) is 3.07. The molecule has 0 aliphatic carbocycles. The summed E-state index contributed by atoms with van der Waals surface area (Å²) in [7, 11) is -3.45. The van der Waals surface area contributed by atoms with Crippen molar-refractivity contribution < 1.29 is 8.42 Å². The minimum Gasteiger partial charge on any atom is -0.211 e. The van der Waals surface area contributed by atoms with Crippen LogP contribution in [0.2, 0.25) is 0 Å². The molecule has 0 heterocycles. The maximum Gasteiger partial charge on any atom is 0.240 e. The molecule has 4 nitrogen and oxygen atoms in total. The van der Waals surface area contributed by atoms with Crippen LogP contribution in [0.3, 0.4) is 0 Å². The van der Waals surface area contributed by atoms with Gasteiger partial charge in [0.1, 0.15) is 0 Å². The van der Waals surface area contributed by atoms with Gasteiger partial charge in [0, 0.05) is 6.54 Å². The summed E-state index contributed by atoms with van der Waals surface area (Å²) in [4.78, 5) is 0.231. The van der Waals surface area contributed by atoms with E-state index in [1.165, 1.54) is 0 Å². The molecule has 2 aromatic rings. The van der Waals surface area contributed by atoms with Crippen LogP contribution in [0.4, 0.5) is 0 Å². The van der Waals surface area contributed by atoms with Crippen molar-refractivity contribution in [2.24, 2.45) is 0 Å². The predicted molar refractivity (Wildman–Crippen MR) is 82.1 cm³/mol. The minimum atomic E-state index is -3.45. The lowest BCUT2D eigenvalue weighted by Gasteiger charge is -2.08. The second kappa shape index (κ2) is 6.53. The molecule has 108 valence electrons. The van der Waals surface area contributed by atoms with E-state index in [1.807, 2.05) is 19.1 Å². The van der Waals surface area contributed by atoms with Crippen molar-refractivity contribution in [3.05, 3.63) is 54.1 Å². The lowest BCUT2D eigenvalue weighted by atomic mass is 10.0. The van der Waals surface area contributed by atoms with Crippen LogP contribution in [0.1, 0.15) is 18.9 Å². The van der Waals surface area contributed by atoms with E-state index in [0.717, 1.165) is 17.5 Å². The summed E-state index contributed by atoms with van der Waals surface area (Å²) < 4.78 is 26.5. The topological polar surface area (TPSA) is 70.0 Å². The molecule has 0 unspecified atom stereocenters. The number of nitrogens with one attached hydrogen (secondary N) is 1. The summed E-state index contributed by atoms with van der Waals surface area (Å²) in [5.41, 5.74) is 2.18. The Morgan fingerprint density at radius 2 is 1.76 bits per heavy atom. The number of hydrogen-bond acceptors (Lipinski definition) is 3. The van der Waals surface area contributed by atoms with Crippen LogP contribution in [0.25, 0.3) is 11.1 Å². The first-order valence-electron chi connectivity index (χ1n) is 6.67. The summed E-state index contributed by atoms with van der Waals surface area (Å²) in [6.07, 6.45) is 0.743. The van der Waals surface area contributed by atoms with Gasteiger partial charge < -0.3 is 0 Å². The number of hydrogen-bond donors (Lipinski definition) is 1. The summed E-state index contributed by atoms with van der Waals surface area (Å²) in [6, 6.07) is 15.9. The van der Waals surface area contributed by atoms with Crippen LogP contribution in [0, 0.1) is 11.3 Å². The molecule has 2 rings (SSSR count). The van der Waals surface area contributed by atoms with Crippen LogP contribution < -0.4 is 4.72 Å². The molecular formula is C16H16N2O2S. The van der Waals surface area contributed by atoms with E-state index in [-0.39, 0.29) is 4.90 Å². The Balaban J connectivity index is 2.34. The molecule has 0 fully saturated rings. The Kier molecular flexibility index (Phi) is 4.73. The van der Waals surface area contributed by atoms with Crippen molar-refractivity contribution in [3.8, 4) is 17.2 Å². The molecule has 21 heavy (non-hydrogen) atoms. The number of rotatable bonds is 5. The molecule has 0 bridgehead atoms. The molecule has 0 aliphatic heterocycles. The molecule has 0 saturated heterocycles. The Labute approximate surface area is 125 Å². The van der Waals surface area contributed by atoms with E-state index >= 15 is 0 Å². The smallest absolute Gasteiger partial charge is 0.211 e. The first-order valence-corrected chi connectivity index (χ1v) is 8.16. The molecular weight excluding hydrogens is 284 g/mol. The van der Waals surface area contributed by atoms with Crippen LogP contribution in [-0.2, 0) is 10.0 Å². The third-order valence-corrected chi connectivity index (χ3v) is 4.54. The number of sulfonamides is 1. The fourth-order valence-electron chi connectivity index (χ4n) is 1.97. The first kappa shape index (κ1) is 15.2. The molecule has 0 saturated carbocycles. The van der Waals surface area contributed by atoms with Gasteiger partial charge in [-0.1, -0.05) is 37.3 Å². The van der Waals surface area contributed by atoms with Crippen LogP contribution in [0.15, 0.2) is 53.4 Å². The number of nitriles is 1. The fourth-order valence-corrected chi connectivity index (χ4v) is 3.10. The van der Waals surface area contributed by atoms with Crippen molar-refractivity contribution in [1.29, 1.82) is 5.26 Å². The van der Waals surface area contributed by atoms with E-state index in [0.29, 0.717) is 12.1 Å². The second-order valence-electron chi connectivity index (χ2n) is 4.58. The lowest BCUT2D eigenvalue weighted by molar-refractivity contribution is 0.581. The summed E-state index contributed by atoms with van der Waals surface area (Å²) in [6.45, 7) is 2.33. The van der Waals surface area contributed by atoms with Crippen LogP contribution in [0.5, 0.6) is 0 Å². The first-order chi connectivity index (χ1) is 10.1. The zero-order chi connectivity index (χ0) is 15.3. The van der Waals surface area contributed by atoms with Crippen molar-refractivity contribution in [1.82, 2.24) is 4.72 Å². The van der Waals surface area contributed by atoms with Gasteiger partial charge in [-0.15, -0.1) is 0 Å². The monoisotopic (exact) mass is 300 g/mol. The van der Waals surface area contributed by atoms with Gasteiger partial charge in [-0.3, -0.25) is 0 Å². The third kappa shape index (κ3) is 3.48. The van der Waals surface area contributed by atoms with Crippen molar-refractivity contribution in [3.63, 3.8) is 0 Å². The Bertz CT molecular complexity index is 760. The number of nitrogens with zero attached hydrogens (tertiary/aromatic N) is 1. The van der Waals surface area contributed by atoms with Gasteiger partial charge in [-0.05, 0) is 35.7 Å². The molecule has 0 aromatic heterocycles. The summed E-state index contributed by atoms with van der Waals surface area (Å²) >= 11 is 0. The lowest BCUT2D eigenvalue weighted by Crippen LogP contribution is -2.24. The van der Waals surface area contributed by atoms with E-state index < -0.39 is 10.0 Å². The standard InChI is InChI=1S/C16H16N2O2S/c1-2-11-18-21(19,20)15-9-7-13(8-10-15)16-6-4-3-5-14(16)12-17/h3-10,18H,2,11H2,1H3. The van der Waals surface area contributed by atoms with Gasteiger partial charge in [-0.25, -0.2) is 13.1 Å². The van der Waals surface area contributed by atoms with Gasteiger partial charge >= 0.3 is 0 Å². The summed E-state index contributed by atoms with van der Waals surface area (Å²) in [5.74, 6) is 0. The SMILES string of the molecule is CCCNS(=O)(=O)c1ccc(-c2ccccc2C#N)cc1. The molecule has 0 radical (unpaired) electrons. The quantitative estimate of drug-likeness (QED) is 0.923. The molecule has 0 aliphatic rings. The van der Waals surface area contributed by atoms with Crippen molar-refractivity contribution >= 4 is 10.0 Å². The van der Waals surface area contributed by atoms with E-state index in [9.17, 15) is 8.42 Å². The van der Waals surface area contributed by atoms with Gasteiger partial charge in [0.05, 0.1) is 16.5 Å². The molecule has 5 heteroatoms. The van der Waals surface area contributed by atoms with E-state index in [4.69, 9.17) is 5.26 Å². The fraction of sp³-hybridized carbons (Fsp3) is 0.188. The minimum absolute atomic E-state index is 0.231. The van der Waals surface area contributed by atoms with Crippen LogP contribution >= 0.6 is 0 Å². The van der Waals surface area contributed by atoms with Gasteiger partial charge in [0.15, 0.2) is 0 Å². The maximum atomic E-state index is 12.0. The van der Waals surface area contributed by atoms with Gasteiger partial charge in [0.25, 0.3) is 0 Å². The molecule has 2 aromatic carbocycles. The van der Waals surface area contributed by atoms with E-state index in [2.05, 4.69) is 10.8 Å². The zero-order valence-electron chi connectivity index (χ0n) is 11.7. The molecule has 0 spiro atoms. The molecule has 1 N–H and O–H groups in total. The Morgan fingerprint density at radius 3 is 2.38 bits per heavy atom. The van der Waals surface area contributed by atoms with Crippen molar-refractivity contribution in [2.75, 3.05) is 6.54 Å². The highest BCUT2D eigenvalue weighted by molar-refractivity contribution is 7.89. The van der Waals surface area contributed by atoms with Crippen LogP contribution in [-0.4, -0.2) is 15.0 Å². The average molecular weight is 300 g/mol. The maximum absolute atomic E-state index is 12.0. The zero-order valence-corrected chi connectivity index (χ0v) is 12.5. The highest BCUT2D eigenvalue weighted by Gasteiger charge is 2.13. The average Bonchev–Trinajstić information content (AvgIpc) is 2.53. The highest BCUT2D eigenvalue weighted by Crippen LogP contribution is 2.24. The molecule has 0 amide bonds. The normalized spacial score (nSPS) is 11.0. The predicted octanol–water partition coefficient (Wildman–Crippen LogP) is 2.91. The largest absolute Gasteiger partial charge is 0.240 e. The Hall–Kier alpha value is -2.16. The molecule has 0 atom stereocenters. The van der Waals surface area contributed by atoms with E-state index in [1.54, 1.807) is 36.4 Å². The Morgan fingerprint density at radius 1 is 1.10 bits per heavy atom. The van der Waals surface area contributed by atoms with Crippen molar-refractivity contribution in [2.45, 2.75) is 18.2 Å². The van der Waals surface area contributed by atoms with Gasteiger partial charge in [0.2, 0.25) is 10.0 Å². The highest BCUT2D eigenvalue weighted by atomic mass is 32.2. The second-order valence-corrected chi connectivity index (χ2v) is 6.35. The number of benzene rings is 2. The summed E-state index contributed by atoms with van der Waals surface area (Å²) in [5, 5.41) is 9.10.